The molecule has 5 heteroatoms. The van der Waals surface area contributed by atoms with Crippen molar-refractivity contribution in [1.29, 1.82) is 0 Å². The molecular formula is C15H14N2O2S. The molecule has 3 N–H and O–H groups in total. The molecule has 0 fully saturated rings. The van der Waals surface area contributed by atoms with Crippen LogP contribution in [0.3, 0.4) is 0 Å². The first-order valence-electron chi connectivity index (χ1n) is 6.17. The molecule has 0 saturated heterocycles. The quantitative estimate of drug-likeness (QED) is 0.711. The number of sulfone groups is 1. The summed E-state index contributed by atoms with van der Waals surface area (Å²) in [6, 6.07) is 11.8. The average molecular weight is 286 g/mol. The molecule has 0 unspecified atom stereocenters. The van der Waals surface area contributed by atoms with Crippen molar-refractivity contribution in [3.8, 4) is 0 Å². The Morgan fingerprint density at radius 2 is 1.90 bits per heavy atom. The predicted octanol–water partition coefficient (Wildman–Crippen LogP) is 2.89. The summed E-state index contributed by atoms with van der Waals surface area (Å²) in [6.45, 7) is 1.87. The van der Waals surface area contributed by atoms with Crippen molar-refractivity contribution in [2.24, 2.45) is 0 Å². The lowest BCUT2D eigenvalue weighted by Gasteiger charge is -2.08. The van der Waals surface area contributed by atoms with Crippen LogP contribution in [0.4, 0.5) is 5.69 Å². The molecule has 4 nitrogen and oxygen atoms in total. The lowest BCUT2D eigenvalue weighted by Crippen LogP contribution is -2.03. The zero-order chi connectivity index (χ0) is 14.3. The minimum Gasteiger partial charge on any atom is -0.397 e. The molecular weight excluding hydrogens is 272 g/mol. The van der Waals surface area contributed by atoms with Gasteiger partial charge in [-0.3, -0.25) is 0 Å². The van der Waals surface area contributed by atoms with Crippen LogP contribution in [0.1, 0.15) is 5.56 Å². The van der Waals surface area contributed by atoms with E-state index in [1.54, 1.807) is 42.6 Å². The molecule has 3 rings (SSSR count). The normalized spacial score (nSPS) is 11.8. The van der Waals surface area contributed by atoms with Gasteiger partial charge in [-0.2, -0.15) is 0 Å². The van der Waals surface area contributed by atoms with E-state index in [0.717, 1.165) is 5.56 Å². The number of nitrogens with two attached hydrogens (primary N) is 1. The van der Waals surface area contributed by atoms with E-state index < -0.39 is 9.84 Å². The Labute approximate surface area is 117 Å². The lowest BCUT2D eigenvalue weighted by atomic mass is 10.2. The van der Waals surface area contributed by atoms with Crippen LogP contribution in [0.15, 0.2) is 58.5 Å². The molecule has 0 amide bonds. The van der Waals surface area contributed by atoms with Crippen molar-refractivity contribution in [2.75, 3.05) is 5.73 Å². The topological polar surface area (TPSA) is 75.9 Å². The van der Waals surface area contributed by atoms with E-state index in [9.17, 15) is 8.42 Å². The summed E-state index contributed by atoms with van der Waals surface area (Å²) in [7, 11) is -3.55. The molecule has 0 bridgehead atoms. The number of aromatic nitrogens is 1. The third kappa shape index (κ3) is 1.87. The number of rotatable bonds is 2. The number of fused-ring (bicyclic) bond motifs is 1. The highest BCUT2D eigenvalue weighted by atomic mass is 32.2. The molecule has 0 aliphatic rings. The summed E-state index contributed by atoms with van der Waals surface area (Å²) >= 11 is 0. The molecule has 20 heavy (non-hydrogen) atoms. The zero-order valence-electron chi connectivity index (χ0n) is 10.9. The molecule has 1 aromatic heterocycles. The smallest absolute Gasteiger partial charge is 0.207 e. The summed E-state index contributed by atoms with van der Waals surface area (Å²) in [4.78, 5) is 3.54. The van der Waals surface area contributed by atoms with E-state index in [2.05, 4.69) is 4.98 Å². The van der Waals surface area contributed by atoms with Crippen LogP contribution in [0.5, 0.6) is 0 Å². The fraction of sp³-hybridized carbons (Fsp3) is 0.0667. The summed E-state index contributed by atoms with van der Waals surface area (Å²) in [5.74, 6) is 0. The first kappa shape index (κ1) is 12.7. The summed E-state index contributed by atoms with van der Waals surface area (Å²) in [5.41, 5.74) is 7.95. The van der Waals surface area contributed by atoms with Gasteiger partial charge >= 0.3 is 0 Å². The van der Waals surface area contributed by atoms with Gasteiger partial charge < -0.3 is 10.7 Å². The van der Waals surface area contributed by atoms with Gasteiger partial charge in [0.05, 0.1) is 21.0 Å². The van der Waals surface area contributed by atoms with Crippen LogP contribution in [-0.2, 0) is 9.84 Å². The van der Waals surface area contributed by atoms with Crippen molar-refractivity contribution in [2.45, 2.75) is 16.7 Å². The van der Waals surface area contributed by atoms with Gasteiger partial charge in [0, 0.05) is 11.6 Å². The van der Waals surface area contributed by atoms with Gasteiger partial charge in [0.1, 0.15) is 0 Å². The third-order valence-corrected chi connectivity index (χ3v) is 5.11. The maximum Gasteiger partial charge on any atom is 0.207 e. The molecule has 102 valence electrons. The third-order valence-electron chi connectivity index (χ3n) is 3.30. The monoisotopic (exact) mass is 286 g/mol. The maximum atomic E-state index is 12.8. The largest absolute Gasteiger partial charge is 0.397 e. The number of aromatic amines is 1. The van der Waals surface area contributed by atoms with Crippen molar-refractivity contribution in [1.82, 2.24) is 4.98 Å². The molecule has 0 atom stereocenters. The Kier molecular flexibility index (Phi) is 2.79. The molecule has 1 heterocycles. The van der Waals surface area contributed by atoms with Gasteiger partial charge in [0.15, 0.2) is 0 Å². The van der Waals surface area contributed by atoms with E-state index in [1.807, 2.05) is 13.0 Å². The molecule has 2 aromatic carbocycles. The van der Waals surface area contributed by atoms with E-state index in [0.29, 0.717) is 21.5 Å². The number of aryl methyl sites for hydroxylation is 1. The fourth-order valence-electron chi connectivity index (χ4n) is 2.30. The second-order valence-electron chi connectivity index (χ2n) is 4.74. The predicted molar refractivity (Wildman–Crippen MR) is 79.3 cm³/mol. The summed E-state index contributed by atoms with van der Waals surface area (Å²) in [5, 5.41) is 0.617. The highest BCUT2D eigenvalue weighted by Crippen LogP contribution is 2.31. The van der Waals surface area contributed by atoms with Gasteiger partial charge in [0.2, 0.25) is 9.84 Å². The number of nitrogens with one attached hydrogen (secondary N) is 1. The van der Waals surface area contributed by atoms with Gasteiger partial charge in [-0.25, -0.2) is 8.42 Å². The molecule has 3 aromatic rings. The highest BCUT2D eigenvalue weighted by molar-refractivity contribution is 7.91. The molecule has 0 radical (unpaired) electrons. The number of hydrogen-bond acceptors (Lipinski definition) is 3. The van der Waals surface area contributed by atoms with Crippen LogP contribution < -0.4 is 5.73 Å². The number of benzene rings is 2. The Bertz CT molecular complexity index is 895. The standard InChI is InChI=1S/C15H14N2O2S/c1-10-3-2-4-11(9-10)20(18,19)14-6-5-13(16)15-12(14)7-8-17-15/h2-9,17H,16H2,1H3. The van der Waals surface area contributed by atoms with Crippen molar-refractivity contribution < 1.29 is 8.42 Å². The van der Waals surface area contributed by atoms with Crippen LogP contribution in [0.25, 0.3) is 10.9 Å². The van der Waals surface area contributed by atoms with Crippen molar-refractivity contribution in [3.05, 3.63) is 54.2 Å². The minimum absolute atomic E-state index is 0.272. The Morgan fingerprint density at radius 3 is 2.65 bits per heavy atom. The van der Waals surface area contributed by atoms with E-state index in [-0.39, 0.29) is 4.90 Å². The van der Waals surface area contributed by atoms with Gasteiger partial charge in [-0.1, -0.05) is 12.1 Å². The number of nitrogen functional groups attached to an aromatic ring is 1. The van der Waals surface area contributed by atoms with Gasteiger partial charge in [0.25, 0.3) is 0 Å². The number of H-pyrrole nitrogens is 1. The SMILES string of the molecule is Cc1cccc(S(=O)(=O)c2ccc(N)c3[nH]ccc23)c1. The van der Waals surface area contributed by atoms with Gasteiger partial charge in [-0.05, 0) is 42.8 Å². The number of anilines is 1. The minimum atomic E-state index is -3.55. The second kappa shape index (κ2) is 4.38. The molecule has 0 saturated carbocycles. The first-order chi connectivity index (χ1) is 9.50. The molecule has 0 aliphatic heterocycles. The van der Waals surface area contributed by atoms with Crippen molar-refractivity contribution >= 4 is 26.4 Å². The lowest BCUT2D eigenvalue weighted by molar-refractivity contribution is 0.597. The summed E-state index contributed by atoms with van der Waals surface area (Å²) in [6.07, 6.45) is 1.69. The Hall–Kier alpha value is -2.27. The Balaban J connectivity index is 2.30. The second-order valence-corrected chi connectivity index (χ2v) is 6.66. The van der Waals surface area contributed by atoms with E-state index >= 15 is 0 Å². The first-order valence-corrected chi connectivity index (χ1v) is 7.66. The Morgan fingerprint density at radius 1 is 1.10 bits per heavy atom. The molecule has 0 spiro atoms. The van der Waals surface area contributed by atoms with E-state index in [1.165, 1.54) is 0 Å². The number of hydrogen-bond donors (Lipinski definition) is 2. The van der Waals surface area contributed by atoms with E-state index in [4.69, 9.17) is 5.73 Å². The van der Waals surface area contributed by atoms with Crippen molar-refractivity contribution in [3.63, 3.8) is 0 Å². The zero-order valence-corrected chi connectivity index (χ0v) is 11.7. The van der Waals surface area contributed by atoms with Crippen LogP contribution in [0.2, 0.25) is 0 Å². The average Bonchev–Trinajstić information content (AvgIpc) is 2.89. The molecule has 0 aliphatic carbocycles. The van der Waals surface area contributed by atoms with Crippen LogP contribution >= 0.6 is 0 Å². The van der Waals surface area contributed by atoms with Gasteiger partial charge in [-0.15, -0.1) is 0 Å². The summed E-state index contributed by atoms with van der Waals surface area (Å²) < 4.78 is 25.5. The van der Waals surface area contributed by atoms with Crippen LogP contribution in [-0.4, -0.2) is 13.4 Å². The fourth-order valence-corrected chi connectivity index (χ4v) is 3.86. The maximum absolute atomic E-state index is 12.8. The van der Waals surface area contributed by atoms with Crippen LogP contribution in [0, 0.1) is 6.92 Å². The highest BCUT2D eigenvalue weighted by Gasteiger charge is 2.21.